The fraction of sp³-hybridized carbons (Fsp3) is 0.286. The Balaban J connectivity index is 3.03. The summed E-state index contributed by atoms with van der Waals surface area (Å²) in [6, 6.07) is 1.33. The summed E-state index contributed by atoms with van der Waals surface area (Å²) in [5.74, 6) is -0.286. The summed E-state index contributed by atoms with van der Waals surface area (Å²) in [6.45, 7) is 1.62. The fourth-order valence-corrected chi connectivity index (χ4v) is 0.849. The van der Waals surface area contributed by atoms with Crippen molar-refractivity contribution in [2.75, 3.05) is 0 Å². The molecule has 0 saturated carbocycles. The highest BCUT2D eigenvalue weighted by Gasteiger charge is 2.13. The first-order chi connectivity index (χ1) is 5.66. The van der Waals surface area contributed by atoms with E-state index in [1.807, 2.05) is 6.07 Å². The van der Waals surface area contributed by atoms with Crippen molar-refractivity contribution in [3.8, 4) is 6.07 Å². The van der Waals surface area contributed by atoms with Crippen LogP contribution in [0.3, 0.4) is 0 Å². The summed E-state index contributed by atoms with van der Waals surface area (Å²) in [6.07, 6.45) is 3.01. The average molecular weight is 164 g/mol. The lowest BCUT2D eigenvalue weighted by atomic mass is 10.3. The molecule has 62 valence electrons. The molecule has 0 aromatic carbocycles. The fourth-order valence-electron chi connectivity index (χ4n) is 0.849. The van der Waals surface area contributed by atoms with Crippen molar-refractivity contribution in [3.05, 3.63) is 18.2 Å². The third-order valence-electron chi connectivity index (χ3n) is 1.60. The maximum absolute atomic E-state index is 10.7. The van der Waals surface area contributed by atoms with Crippen molar-refractivity contribution < 1.29 is 4.79 Å². The Morgan fingerprint density at radius 3 is 3.08 bits per heavy atom. The molecule has 5 heteroatoms. The van der Waals surface area contributed by atoms with E-state index in [1.165, 1.54) is 10.8 Å². The maximum atomic E-state index is 10.7. The van der Waals surface area contributed by atoms with Gasteiger partial charge < -0.3 is 10.3 Å². The first-order valence-electron chi connectivity index (χ1n) is 3.39. The van der Waals surface area contributed by atoms with Gasteiger partial charge in [0.05, 0.1) is 0 Å². The zero-order valence-electron chi connectivity index (χ0n) is 6.56. The Morgan fingerprint density at radius 2 is 2.58 bits per heavy atom. The van der Waals surface area contributed by atoms with Crippen LogP contribution in [0.15, 0.2) is 12.4 Å². The van der Waals surface area contributed by atoms with Crippen LogP contribution < -0.4 is 5.73 Å². The highest BCUT2D eigenvalue weighted by molar-refractivity contribution is 5.78. The molecule has 0 spiro atoms. The molecule has 0 aliphatic rings. The number of carbonyl (C=O) groups is 1. The summed E-state index contributed by atoms with van der Waals surface area (Å²) < 4.78 is 1.43. The lowest BCUT2D eigenvalue weighted by Crippen LogP contribution is -2.24. The molecule has 2 N–H and O–H groups in total. The number of rotatable bonds is 2. The van der Waals surface area contributed by atoms with E-state index in [-0.39, 0.29) is 5.82 Å². The van der Waals surface area contributed by atoms with E-state index in [0.717, 1.165) is 0 Å². The molecule has 1 amide bonds. The highest BCUT2D eigenvalue weighted by Crippen LogP contribution is 2.06. The number of nitriles is 1. The zero-order valence-corrected chi connectivity index (χ0v) is 6.56. The van der Waals surface area contributed by atoms with E-state index in [4.69, 9.17) is 11.0 Å². The van der Waals surface area contributed by atoms with Crippen LogP contribution in [0.4, 0.5) is 0 Å². The molecular weight excluding hydrogens is 156 g/mol. The molecule has 0 bridgehead atoms. The zero-order chi connectivity index (χ0) is 9.14. The number of amides is 1. The summed E-state index contributed by atoms with van der Waals surface area (Å²) in [4.78, 5) is 14.5. The third-order valence-corrected chi connectivity index (χ3v) is 1.60. The van der Waals surface area contributed by atoms with Crippen LogP contribution in [-0.4, -0.2) is 15.5 Å². The minimum Gasteiger partial charge on any atom is -0.368 e. The lowest BCUT2D eigenvalue weighted by Gasteiger charge is -2.08. The molecule has 0 saturated heterocycles. The minimum atomic E-state index is -0.526. The highest BCUT2D eigenvalue weighted by atomic mass is 16.1. The molecule has 0 fully saturated rings. The van der Waals surface area contributed by atoms with Gasteiger partial charge in [0.2, 0.25) is 11.7 Å². The van der Waals surface area contributed by atoms with Crippen LogP contribution >= 0.6 is 0 Å². The molecule has 5 nitrogen and oxygen atoms in total. The van der Waals surface area contributed by atoms with Gasteiger partial charge in [-0.05, 0) is 6.92 Å². The van der Waals surface area contributed by atoms with Gasteiger partial charge in [0.1, 0.15) is 12.1 Å². The van der Waals surface area contributed by atoms with Gasteiger partial charge in [-0.3, -0.25) is 4.79 Å². The van der Waals surface area contributed by atoms with E-state index in [9.17, 15) is 4.79 Å². The Morgan fingerprint density at radius 1 is 1.92 bits per heavy atom. The quantitative estimate of drug-likeness (QED) is 0.656. The van der Waals surface area contributed by atoms with Crippen LogP contribution in [-0.2, 0) is 4.79 Å². The van der Waals surface area contributed by atoms with E-state index >= 15 is 0 Å². The van der Waals surface area contributed by atoms with Gasteiger partial charge in [0, 0.05) is 12.4 Å². The second-order valence-electron chi connectivity index (χ2n) is 2.35. The van der Waals surface area contributed by atoms with E-state index < -0.39 is 11.9 Å². The van der Waals surface area contributed by atoms with Crippen molar-refractivity contribution in [3.63, 3.8) is 0 Å². The SMILES string of the molecule is CC(C(N)=O)n1ccnc1C#N. The minimum absolute atomic E-state index is 0.196. The number of imidazole rings is 1. The van der Waals surface area contributed by atoms with Crippen molar-refractivity contribution in [1.82, 2.24) is 9.55 Å². The third kappa shape index (κ3) is 1.27. The number of primary amides is 1. The molecule has 1 atom stereocenters. The Hall–Kier alpha value is -1.83. The molecule has 1 aromatic rings. The van der Waals surface area contributed by atoms with Gasteiger partial charge in [-0.25, -0.2) is 4.98 Å². The maximum Gasteiger partial charge on any atom is 0.240 e. The molecule has 12 heavy (non-hydrogen) atoms. The summed E-state index contributed by atoms with van der Waals surface area (Å²) in [5, 5.41) is 8.55. The van der Waals surface area contributed by atoms with Crippen LogP contribution in [0.1, 0.15) is 18.8 Å². The van der Waals surface area contributed by atoms with Gasteiger partial charge in [0.15, 0.2) is 0 Å². The number of nitrogens with two attached hydrogens (primary N) is 1. The summed E-state index contributed by atoms with van der Waals surface area (Å²) >= 11 is 0. The van der Waals surface area contributed by atoms with Gasteiger partial charge in [-0.15, -0.1) is 0 Å². The molecule has 1 unspecified atom stereocenters. The van der Waals surface area contributed by atoms with Gasteiger partial charge in [0.25, 0.3) is 0 Å². The Labute approximate surface area is 69.4 Å². The summed E-state index contributed by atoms with van der Waals surface area (Å²) in [7, 11) is 0. The Kier molecular flexibility index (Phi) is 2.10. The summed E-state index contributed by atoms with van der Waals surface area (Å²) in [5.41, 5.74) is 5.05. The standard InChI is InChI=1S/C7H8N4O/c1-5(7(9)12)11-3-2-10-6(11)4-8/h2-3,5H,1H3,(H2,9,12). The molecule has 0 aliphatic heterocycles. The van der Waals surface area contributed by atoms with Crippen LogP contribution in [0.2, 0.25) is 0 Å². The number of hydrogen-bond acceptors (Lipinski definition) is 3. The molecule has 0 aliphatic carbocycles. The smallest absolute Gasteiger partial charge is 0.240 e. The van der Waals surface area contributed by atoms with E-state index in [1.54, 1.807) is 13.1 Å². The largest absolute Gasteiger partial charge is 0.368 e. The Bertz CT molecular complexity index is 335. The topological polar surface area (TPSA) is 84.7 Å². The average Bonchev–Trinajstić information content (AvgIpc) is 2.49. The molecule has 1 aromatic heterocycles. The number of hydrogen-bond donors (Lipinski definition) is 1. The number of carbonyl (C=O) groups excluding carboxylic acids is 1. The molecule has 1 rings (SSSR count). The van der Waals surface area contributed by atoms with Crippen LogP contribution in [0.5, 0.6) is 0 Å². The lowest BCUT2D eigenvalue weighted by molar-refractivity contribution is -0.120. The number of nitrogens with zero attached hydrogens (tertiary/aromatic N) is 3. The molecular formula is C7H8N4O. The van der Waals surface area contributed by atoms with Crippen molar-refractivity contribution in [2.45, 2.75) is 13.0 Å². The first kappa shape index (κ1) is 8.27. The van der Waals surface area contributed by atoms with Crippen molar-refractivity contribution in [1.29, 1.82) is 5.26 Å². The van der Waals surface area contributed by atoms with Crippen LogP contribution in [0, 0.1) is 11.3 Å². The normalized spacial score (nSPS) is 12.0. The van der Waals surface area contributed by atoms with Gasteiger partial charge >= 0.3 is 0 Å². The van der Waals surface area contributed by atoms with Crippen molar-refractivity contribution in [2.24, 2.45) is 5.73 Å². The van der Waals surface area contributed by atoms with Crippen LogP contribution in [0.25, 0.3) is 0 Å². The van der Waals surface area contributed by atoms with Gasteiger partial charge in [-0.2, -0.15) is 5.26 Å². The molecule has 0 radical (unpaired) electrons. The predicted octanol–water partition coefficient (Wildman–Crippen LogP) is -0.199. The second-order valence-corrected chi connectivity index (χ2v) is 2.35. The first-order valence-corrected chi connectivity index (χ1v) is 3.39. The number of aromatic nitrogens is 2. The monoisotopic (exact) mass is 164 g/mol. The van der Waals surface area contributed by atoms with E-state index in [2.05, 4.69) is 4.98 Å². The molecule has 1 heterocycles. The van der Waals surface area contributed by atoms with E-state index in [0.29, 0.717) is 0 Å². The predicted molar refractivity (Wildman–Crippen MR) is 40.8 cm³/mol. The van der Waals surface area contributed by atoms with Crippen molar-refractivity contribution >= 4 is 5.91 Å². The second kappa shape index (κ2) is 3.05. The van der Waals surface area contributed by atoms with Gasteiger partial charge in [-0.1, -0.05) is 0 Å².